The fraction of sp³-hybridized carbons (Fsp3) is 0.492. The Labute approximate surface area is 464 Å². The van der Waals surface area contributed by atoms with E-state index >= 15 is 0 Å². The highest BCUT2D eigenvalue weighted by Gasteiger charge is 2.49. The maximum Gasteiger partial charge on any atom is 0.395 e. The summed E-state index contributed by atoms with van der Waals surface area (Å²) in [6.07, 6.45) is 3.59. The van der Waals surface area contributed by atoms with Crippen LogP contribution in [0.5, 0.6) is 11.5 Å². The molecule has 428 valence electrons. The lowest BCUT2D eigenvalue weighted by atomic mass is 9.67. The molecule has 5 heterocycles. The predicted molar refractivity (Wildman–Crippen MR) is 299 cm³/mol. The van der Waals surface area contributed by atoms with E-state index in [-0.39, 0.29) is 59.2 Å². The van der Waals surface area contributed by atoms with E-state index in [0.717, 1.165) is 74.2 Å². The Balaban J connectivity index is 0.000000699. The van der Waals surface area contributed by atoms with Gasteiger partial charge in [0.15, 0.2) is 0 Å². The number of carbonyl (C=O) groups is 4. The number of ether oxygens (including phenoxy) is 2. The molecule has 3 atom stereocenters. The van der Waals surface area contributed by atoms with Crippen molar-refractivity contribution in [3.05, 3.63) is 129 Å². The quantitative estimate of drug-likeness (QED) is 0.0729. The first kappa shape index (κ1) is 57.7. The largest absolute Gasteiger partial charge is 0.507 e. The summed E-state index contributed by atoms with van der Waals surface area (Å²) in [5.41, 5.74) is 3.99. The number of nitrogens with one attached hydrogen (secondary N) is 2. The fourth-order valence-electron chi connectivity index (χ4n) is 12.4. The first-order valence-electron chi connectivity index (χ1n) is 27.8. The molecule has 0 spiro atoms. The molecule has 10 rings (SSSR count). The smallest absolute Gasteiger partial charge is 0.395 e. The molecule has 19 heteroatoms. The summed E-state index contributed by atoms with van der Waals surface area (Å²) < 4.78 is 57.9. The van der Waals surface area contributed by atoms with Gasteiger partial charge in [-0.05, 0) is 144 Å². The Bertz CT molecular complexity index is 3180. The fourth-order valence-corrected chi connectivity index (χ4v) is 12.4. The number of piperidine rings is 1. The molecule has 80 heavy (non-hydrogen) atoms. The maximum atomic E-state index is 14.4. The van der Waals surface area contributed by atoms with Gasteiger partial charge in [-0.25, -0.2) is 9.59 Å². The minimum Gasteiger partial charge on any atom is -0.507 e. The number of aromatic nitrogens is 2. The number of benzene rings is 4. The molecule has 4 N–H and O–H groups in total. The molecule has 1 aliphatic carbocycles. The van der Waals surface area contributed by atoms with Gasteiger partial charge in [-0.15, -0.1) is 0 Å². The summed E-state index contributed by atoms with van der Waals surface area (Å²) in [4.78, 5) is 68.9. The second-order valence-electron chi connectivity index (χ2n) is 23.4. The van der Waals surface area contributed by atoms with Crippen LogP contribution < -0.4 is 21.1 Å². The number of para-hydroxylation sites is 1. The third-order valence-corrected chi connectivity index (χ3v) is 16.9. The van der Waals surface area contributed by atoms with Crippen molar-refractivity contribution < 1.29 is 52.0 Å². The number of carboxylic acids is 1. The summed E-state index contributed by atoms with van der Waals surface area (Å²) in [6.45, 7) is 12.7. The molecule has 16 nitrogen and oxygen atoms in total. The molecule has 0 radical (unpaired) electrons. The van der Waals surface area contributed by atoms with Gasteiger partial charge in [0.05, 0.1) is 40.4 Å². The van der Waals surface area contributed by atoms with E-state index in [0.29, 0.717) is 80.5 Å². The van der Waals surface area contributed by atoms with E-state index in [9.17, 15) is 37.1 Å². The number of hydrogen-bond donors (Lipinski definition) is 4. The van der Waals surface area contributed by atoms with Crippen molar-refractivity contribution >= 4 is 46.0 Å². The van der Waals surface area contributed by atoms with Gasteiger partial charge in [0.25, 0.3) is 5.91 Å². The van der Waals surface area contributed by atoms with Crippen LogP contribution in [0.25, 0.3) is 16.6 Å². The Morgan fingerprint density at radius 2 is 1.61 bits per heavy atom. The molecule has 3 fully saturated rings. The lowest BCUT2D eigenvalue weighted by Crippen LogP contribution is -2.50. The minimum atomic E-state index is -4.35. The third kappa shape index (κ3) is 12.6. The van der Waals surface area contributed by atoms with E-state index in [4.69, 9.17) is 19.7 Å². The summed E-state index contributed by atoms with van der Waals surface area (Å²) >= 11 is 0. The molecule has 5 aromatic rings. The standard InChI is InChI=1S/C54H68F3N7O6.C7H6O3/c1-51(2,54(55,56)57)35-61(25-22-53(23-31-70-52(3,4)34-53)40-14-16-41(69-5)17-15-40)33-37-8-12-39(13-9-37)38-10-6-36(7-11-38)32-60-27-29-62(30-28-60)49(67)42-18-19-43-47-46(42)58-24-26-63(47)50(68)64(43)44-20-21-45(65)59-48(44)66;8-6-4-2-1-3-5(6)7(9)10/h8-10,12-19,36,44,58H,6-7,11,20-35H2,1-5H3,(H,59,65,66);1-4,8H,(H,9,10)/t36-,44+,53+;/m0./s1. The zero-order valence-electron chi connectivity index (χ0n) is 46.4. The molecule has 5 aliphatic rings. The Morgan fingerprint density at radius 3 is 2.24 bits per heavy atom. The number of halogens is 3. The topological polar surface area (TPSA) is 188 Å². The van der Waals surface area contributed by atoms with Gasteiger partial charge in [-0.2, -0.15) is 13.2 Å². The van der Waals surface area contributed by atoms with E-state index in [1.807, 2.05) is 21.9 Å². The van der Waals surface area contributed by atoms with Crippen LogP contribution in [-0.4, -0.2) is 136 Å². The van der Waals surface area contributed by atoms with Crippen molar-refractivity contribution in [3.63, 3.8) is 0 Å². The summed E-state index contributed by atoms with van der Waals surface area (Å²) in [5, 5.41) is 23.0. The number of allylic oxidation sites excluding steroid dienone is 2. The van der Waals surface area contributed by atoms with Crippen LogP contribution >= 0.6 is 0 Å². The van der Waals surface area contributed by atoms with Crippen molar-refractivity contribution in [2.75, 3.05) is 71.4 Å². The first-order chi connectivity index (χ1) is 38.0. The first-order valence-corrected chi connectivity index (χ1v) is 27.8. The van der Waals surface area contributed by atoms with Gasteiger partial charge >= 0.3 is 17.8 Å². The molecule has 4 aliphatic heterocycles. The molecule has 3 amide bonds. The van der Waals surface area contributed by atoms with Gasteiger partial charge in [0.1, 0.15) is 23.1 Å². The van der Waals surface area contributed by atoms with Gasteiger partial charge in [0, 0.05) is 77.3 Å². The summed E-state index contributed by atoms with van der Waals surface area (Å²) in [7, 11) is 1.64. The van der Waals surface area contributed by atoms with Crippen LogP contribution in [0.3, 0.4) is 0 Å². The molecular formula is C61H74F3N7O9. The number of anilines is 1. The van der Waals surface area contributed by atoms with Crippen LogP contribution in [0, 0.1) is 11.3 Å². The van der Waals surface area contributed by atoms with Crippen molar-refractivity contribution in [2.24, 2.45) is 11.3 Å². The number of aromatic hydroxyl groups is 1. The SMILES string of the molecule is COc1ccc([C@]2(CCN(Cc3ccc(C4=CC[C@H](CN5CCN(C(=O)c6ccc7c8c6NCCn8c(=O)n7[C@@H]6CCC(=O)NC6=O)CC5)CC4)cc3)CC(C)(C)C(F)(F)F)CCOC(C)(C)C2)cc1.O=C(O)c1ccccc1O. The van der Waals surface area contributed by atoms with Crippen LogP contribution in [0.4, 0.5) is 18.9 Å². The number of phenols is 1. The highest BCUT2D eigenvalue weighted by Crippen LogP contribution is 2.46. The van der Waals surface area contributed by atoms with Crippen LogP contribution in [0.15, 0.2) is 95.8 Å². The van der Waals surface area contributed by atoms with Crippen molar-refractivity contribution in [1.82, 2.24) is 29.2 Å². The zero-order chi connectivity index (χ0) is 57.1. The molecule has 0 saturated carbocycles. The Kier molecular flexibility index (Phi) is 17.0. The number of imide groups is 1. The van der Waals surface area contributed by atoms with Gasteiger partial charge in [0.2, 0.25) is 11.8 Å². The number of hydrogen-bond acceptors (Lipinski definition) is 11. The molecule has 0 unspecified atom stereocenters. The van der Waals surface area contributed by atoms with Crippen molar-refractivity contribution in [1.29, 1.82) is 0 Å². The number of alkyl halides is 3. The number of imidazole rings is 1. The average molecular weight is 1110 g/mol. The lowest BCUT2D eigenvalue weighted by molar-refractivity contribution is -0.217. The number of methoxy groups -OCH3 is 1. The highest BCUT2D eigenvalue weighted by molar-refractivity contribution is 6.08. The number of nitrogens with zero attached hydrogens (tertiary/aromatic N) is 5. The second-order valence-corrected chi connectivity index (χ2v) is 23.4. The van der Waals surface area contributed by atoms with Gasteiger partial charge < -0.3 is 29.9 Å². The van der Waals surface area contributed by atoms with E-state index < -0.39 is 29.5 Å². The summed E-state index contributed by atoms with van der Waals surface area (Å²) in [6, 6.07) is 25.1. The second kappa shape index (κ2) is 23.6. The zero-order valence-corrected chi connectivity index (χ0v) is 46.4. The molecule has 4 aromatic carbocycles. The minimum absolute atomic E-state index is 0.0671. The predicted octanol–water partition coefficient (Wildman–Crippen LogP) is 9.25. The normalized spacial score (nSPS) is 21.5. The van der Waals surface area contributed by atoms with Crippen LogP contribution in [0.1, 0.15) is 123 Å². The number of carbonyl (C=O) groups excluding carboxylic acids is 3. The van der Waals surface area contributed by atoms with Gasteiger partial charge in [-0.1, -0.05) is 54.6 Å². The molecule has 0 bridgehead atoms. The lowest BCUT2D eigenvalue weighted by Gasteiger charge is -2.46. The molecular weight excluding hydrogens is 1030 g/mol. The Morgan fingerprint density at radius 1 is 0.887 bits per heavy atom. The molecule has 1 aromatic heterocycles. The van der Waals surface area contributed by atoms with Crippen molar-refractivity contribution in [3.8, 4) is 11.5 Å². The third-order valence-electron chi connectivity index (χ3n) is 16.9. The monoisotopic (exact) mass is 1110 g/mol. The highest BCUT2D eigenvalue weighted by atomic mass is 19.4. The van der Waals surface area contributed by atoms with Crippen LogP contribution in [0.2, 0.25) is 0 Å². The average Bonchev–Trinajstić information content (AvgIpc) is 3.72. The van der Waals surface area contributed by atoms with E-state index in [1.165, 1.54) is 36.1 Å². The maximum absolute atomic E-state index is 14.4. The van der Waals surface area contributed by atoms with Crippen LogP contribution in [-0.2, 0) is 32.8 Å². The number of aromatic carboxylic acids is 1. The summed E-state index contributed by atoms with van der Waals surface area (Å²) in [5.74, 6) is -0.982. The van der Waals surface area contributed by atoms with E-state index in [2.05, 4.69) is 71.9 Å². The number of carboxylic acid groups (broad SMARTS) is 1. The number of piperazine rings is 1. The van der Waals surface area contributed by atoms with Gasteiger partial charge in [-0.3, -0.25) is 38.6 Å². The van der Waals surface area contributed by atoms with E-state index in [1.54, 1.807) is 35.9 Å². The Hall–Kier alpha value is -6.96. The number of amides is 3. The number of rotatable bonds is 15. The molecule has 3 saturated heterocycles. The van der Waals surface area contributed by atoms with Crippen molar-refractivity contribution in [2.45, 2.75) is 115 Å².